The Bertz CT molecular complexity index is 1370. The molecule has 5 rings (SSSR count). The van der Waals surface area contributed by atoms with Crippen molar-refractivity contribution in [1.82, 2.24) is 9.80 Å². The molecule has 2 aromatic carbocycles. The standard InChI is InChI=1S/C28H24Cl2N2O4S/c29-19-7-9-20(10-8-19)36-18-25-23-12-15-37-26(23)11-13-32(25)27(33)17-31(16-21-4-3-14-35-21)28(34)22-5-1-2-6-24(22)30/h1-10,12,14-15,25H,11,13,16-18H2/t25-/m1/s1. The van der Waals surface area contributed by atoms with Crippen molar-refractivity contribution < 1.29 is 18.7 Å². The molecule has 0 N–H and O–H groups in total. The van der Waals surface area contributed by atoms with Gasteiger partial charge in [0.2, 0.25) is 5.91 Å². The van der Waals surface area contributed by atoms with Crippen LogP contribution in [0.1, 0.15) is 32.6 Å². The van der Waals surface area contributed by atoms with Crippen molar-refractivity contribution in [3.8, 4) is 5.75 Å². The summed E-state index contributed by atoms with van der Waals surface area (Å²) in [4.78, 5) is 31.8. The topological polar surface area (TPSA) is 63.0 Å². The summed E-state index contributed by atoms with van der Waals surface area (Å²) < 4.78 is 11.5. The quantitative estimate of drug-likeness (QED) is 0.249. The molecule has 0 aliphatic carbocycles. The van der Waals surface area contributed by atoms with Crippen molar-refractivity contribution in [1.29, 1.82) is 0 Å². The highest BCUT2D eigenvalue weighted by Crippen LogP contribution is 2.34. The summed E-state index contributed by atoms with van der Waals surface area (Å²) in [6, 6.07) is 19.3. The second-order valence-corrected chi connectivity index (χ2v) is 10.5. The van der Waals surface area contributed by atoms with E-state index in [1.54, 1.807) is 83.2 Å². The number of hydrogen-bond acceptors (Lipinski definition) is 5. The first-order valence-electron chi connectivity index (χ1n) is 11.8. The number of carbonyl (C=O) groups is 2. The lowest BCUT2D eigenvalue weighted by molar-refractivity contribution is -0.135. The summed E-state index contributed by atoms with van der Waals surface area (Å²) in [6.45, 7) is 0.845. The number of hydrogen-bond donors (Lipinski definition) is 0. The van der Waals surface area contributed by atoms with E-state index in [4.69, 9.17) is 32.4 Å². The zero-order valence-electron chi connectivity index (χ0n) is 19.8. The number of thiophene rings is 1. The number of benzene rings is 2. The molecule has 9 heteroatoms. The van der Waals surface area contributed by atoms with Crippen LogP contribution in [0.25, 0.3) is 0 Å². The van der Waals surface area contributed by atoms with Crippen LogP contribution in [0.5, 0.6) is 5.75 Å². The van der Waals surface area contributed by atoms with E-state index in [9.17, 15) is 9.59 Å². The van der Waals surface area contributed by atoms with Gasteiger partial charge in [0.05, 0.1) is 29.4 Å². The van der Waals surface area contributed by atoms with Gasteiger partial charge in [-0.2, -0.15) is 0 Å². The Hall–Kier alpha value is -3.26. The number of carbonyl (C=O) groups excluding carboxylic acids is 2. The second kappa shape index (κ2) is 11.4. The Morgan fingerprint density at radius 2 is 1.86 bits per heavy atom. The SMILES string of the molecule is O=C(c1ccccc1Cl)N(CC(=O)N1CCc2sccc2[C@H]1COc1ccc(Cl)cc1)Cc1ccco1. The Morgan fingerprint density at radius 3 is 2.62 bits per heavy atom. The smallest absolute Gasteiger partial charge is 0.256 e. The molecule has 2 amide bonds. The fraction of sp³-hybridized carbons (Fsp3) is 0.214. The maximum atomic E-state index is 13.8. The van der Waals surface area contributed by atoms with Gasteiger partial charge in [0.15, 0.2) is 0 Å². The van der Waals surface area contributed by atoms with Crippen LogP contribution in [0, 0.1) is 0 Å². The first-order valence-corrected chi connectivity index (χ1v) is 13.4. The highest BCUT2D eigenvalue weighted by Gasteiger charge is 2.34. The third-order valence-corrected chi connectivity index (χ3v) is 7.86. The predicted octanol–water partition coefficient (Wildman–Crippen LogP) is 6.50. The molecule has 1 aliphatic rings. The third-order valence-electron chi connectivity index (χ3n) is 6.28. The molecule has 0 unspecified atom stereocenters. The molecular weight excluding hydrogens is 531 g/mol. The summed E-state index contributed by atoms with van der Waals surface area (Å²) in [6.07, 6.45) is 2.30. The van der Waals surface area contributed by atoms with Gasteiger partial charge in [-0.1, -0.05) is 35.3 Å². The van der Waals surface area contributed by atoms with Crippen LogP contribution < -0.4 is 4.74 Å². The van der Waals surface area contributed by atoms with Crippen LogP contribution in [0.4, 0.5) is 0 Å². The van der Waals surface area contributed by atoms with Crippen molar-refractivity contribution in [3.63, 3.8) is 0 Å². The van der Waals surface area contributed by atoms with Gasteiger partial charge in [-0.05, 0) is 72.0 Å². The highest BCUT2D eigenvalue weighted by atomic mass is 35.5. The molecule has 3 heterocycles. The summed E-state index contributed by atoms with van der Waals surface area (Å²) >= 11 is 14.0. The first kappa shape index (κ1) is 25.4. The molecule has 0 spiro atoms. The molecule has 4 aromatic rings. The number of ether oxygens (including phenoxy) is 1. The zero-order chi connectivity index (χ0) is 25.8. The highest BCUT2D eigenvalue weighted by molar-refractivity contribution is 7.10. The van der Waals surface area contributed by atoms with Gasteiger partial charge in [-0.3, -0.25) is 9.59 Å². The Morgan fingerprint density at radius 1 is 1.05 bits per heavy atom. The van der Waals surface area contributed by atoms with E-state index < -0.39 is 0 Å². The monoisotopic (exact) mass is 554 g/mol. The largest absolute Gasteiger partial charge is 0.491 e. The van der Waals surface area contributed by atoms with Crippen molar-refractivity contribution in [2.24, 2.45) is 0 Å². The lowest BCUT2D eigenvalue weighted by atomic mass is 10.0. The molecule has 0 saturated heterocycles. The van der Waals surface area contributed by atoms with E-state index in [1.807, 2.05) is 11.4 Å². The minimum Gasteiger partial charge on any atom is -0.491 e. The molecule has 190 valence electrons. The normalized spacial score (nSPS) is 14.8. The van der Waals surface area contributed by atoms with E-state index in [0.717, 1.165) is 12.0 Å². The van der Waals surface area contributed by atoms with Crippen LogP contribution in [0.15, 0.2) is 82.8 Å². The zero-order valence-corrected chi connectivity index (χ0v) is 22.1. The van der Waals surface area contributed by atoms with Crippen LogP contribution in [-0.4, -0.2) is 41.3 Å². The Labute approximate surface area is 229 Å². The lowest BCUT2D eigenvalue weighted by Crippen LogP contribution is -2.47. The molecule has 6 nitrogen and oxygen atoms in total. The molecule has 0 fully saturated rings. The van der Waals surface area contributed by atoms with Gasteiger partial charge < -0.3 is 19.0 Å². The van der Waals surface area contributed by atoms with Gasteiger partial charge in [-0.25, -0.2) is 0 Å². The van der Waals surface area contributed by atoms with E-state index in [-0.39, 0.29) is 37.6 Å². The maximum Gasteiger partial charge on any atom is 0.256 e. The number of rotatable bonds is 8. The molecule has 1 atom stereocenters. The van der Waals surface area contributed by atoms with Gasteiger partial charge in [-0.15, -0.1) is 11.3 Å². The first-order chi connectivity index (χ1) is 18.0. The number of halogens is 2. The summed E-state index contributed by atoms with van der Waals surface area (Å²) in [7, 11) is 0. The van der Waals surface area contributed by atoms with Crippen molar-refractivity contribution in [2.75, 3.05) is 19.7 Å². The van der Waals surface area contributed by atoms with Crippen molar-refractivity contribution in [3.05, 3.63) is 110 Å². The predicted molar refractivity (Wildman–Crippen MR) is 144 cm³/mol. The molecule has 1 aliphatic heterocycles. The minimum atomic E-state index is -0.336. The number of amides is 2. The number of fused-ring (bicyclic) bond motifs is 1. The van der Waals surface area contributed by atoms with Crippen molar-refractivity contribution >= 4 is 46.4 Å². The number of furan rings is 1. The van der Waals surface area contributed by atoms with Crippen LogP contribution in [0.3, 0.4) is 0 Å². The van der Waals surface area contributed by atoms with Gasteiger partial charge >= 0.3 is 0 Å². The Balaban J connectivity index is 1.38. The average molecular weight is 555 g/mol. The lowest BCUT2D eigenvalue weighted by Gasteiger charge is -2.37. The fourth-order valence-electron chi connectivity index (χ4n) is 4.43. The minimum absolute atomic E-state index is 0.123. The van der Waals surface area contributed by atoms with E-state index in [0.29, 0.717) is 33.7 Å². The fourth-order valence-corrected chi connectivity index (χ4v) is 5.70. The van der Waals surface area contributed by atoms with Gasteiger partial charge in [0.25, 0.3) is 5.91 Å². The Kier molecular flexibility index (Phi) is 7.84. The molecule has 2 aromatic heterocycles. The van der Waals surface area contributed by atoms with Crippen molar-refractivity contribution in [2.45, 2.75) is 19.0 Å². The number of nitrogens with zero attached hydrogens (tertiary/aromatic N) is 2. The maximum absolute atomic E-state index is 13.8. The molecule has 0 saturated carbocycles. The second-order valence-electron chi connectivity index (χ2n) is 8.64. The molecule has 0 bridgehead atoms. The molecular formula is C28H24Cl2N2O4S. The van der Waals surface area contributed by atoms with Crippen LogP contribution in [-0.2, 0) is 17.8 Å². The van der Waals surface area contributed by atoms with E-state index in [1.165, 1.54) is 9.78 Å². The van der Waals surface area contributed by atoms with Crippen LogP contribution in [0.2, 0.25) is 10.0 Å². The molecule has 37 heavy (non-hydrogen) atoms. The summed E-state index contributed by atoms with van der Waals surface area (Å²) in [5.74, 6) is 0.744. The summed E-state index contributed by atoms with van der Waals surface area (Å²) in [5.41, 5.74) is 1.42. The average Bonchev–Trinajstić information content (AvgIpc) is 3.60. The van der Waals surface area contributed by atoms with E-state index >= 15 is 0 Å². The summed E-state index contributed by atoms with van der Waals surface area (Å²) in [5, 5.41) is 3.00. The third kappa shape index (κ3) is 5.85. The van der Waals surface area contributed by atoms with Gasteiger partial charge in [0.1, 0.15) is 24.7 Å². The molecule has 0 radical (unpaired) electrons. The van der Waals surface area contributed by atoms with Crippen LogP contribution >= 0.6 is 34.5 Å². The van der Waals surface area contributed by atoms with E-state index in [2.05, 4.69) is 0 Å². The van der Waals surface area contributed by atoms with Gasteiger partial charge in [0, 0.05) is 16.4 Å².